The quantitative estimate of drug-likeness (QED) is 0.814. The third-order valence-electron chi connectivity index (χ3n) is 4.68. The molecule has 2 rings (SSSR count). The highest BCUT2D eigenvalue weighted by molar-refractivity contribution is 5.06. The van der Waals surface area contributed by atoms with Gasteiger partial charge < -0.3 is 5.32 Å². The van der Waals surface area contributed by atoms with Crippen molar-refractivity contribution in [1.82, 2.24) is 10.2 Å². The van der Waals surface area contributed by atoms with Gasteiger partial charge in [-0.05, 0) is 52.1 Å². The molecule has 1 saturated heterocycles. The highest BCUT2D eigenvalue weighted by Crippen LogP contribution is 2.35. The van der Waals surface area contributed by atoms with E-state index in [1.54, 1.807) is 0 Å². The summed E-state index contributed by atoms with van der Waals surface area (Å²) in [4.78, 5) is 2.58. The molecule has 0 aromatic rings. The Hall–Kier alpha value is -0.590. The van der Waals surface area contributed by atoms with Gasteiger partial charge in [-0.1, -0.05) is 12.8 Å². The summed E-state index contributed by atoms with van der Waals surface area (Å²) in [5.41, 5.74) is -0.390. The van der Waals surface area contributed by atoms with Crippen LogP contribution in [0.4, 0.5) is 0 Å². The summed E-state index contributed by atoms with van der Waals surface area (Å²) in [6.07, 6.45) is 8.26. The molecule has 96 valence electrons. The first-order chi connectivity index (χ1) is 8.18. The average molecular weight is 235 g/mol. The summed E-state index contributed by atoms with van der Waals surface area (Å²) in [5.74, 6) is 0.900. The number of nitrogens with one attached hydrogen (secondary N) is 1. The molecule has 3 nitrogen and oxygen atoms in total. The van der Waals surface area contributed by atoms with E-state index in [1.165, 1.54) is 45.1 Å². The van der Waals surface area contributed by atoms with E-state index in [0.717, 1.165) is 18.5 Å². The van der Waals surface area contributed by atoms with Gasteiger partial charge in [0, 0.05) is 12.6 Å². The van der Waals surface area contributed by atoms with Crippen LogP contribution < -0.4 is 5.32 Å². The molecule has 0 amide bonds. The minimum absolute atomic E-state index is 0.390. The monoisotopic (exact) mass is 235 g/mol. The first-order valence-electron chi connectivity index (χ1n) is 7.03. The zero-order valence-electron chi connectivity index (χ0n) is 11.2. The molecule has 17 heavy (non-hydrogen) atoms. The van der Waals surface area contributed by atoms with Crippen LogP contribution in [0.5, 0.6) is 0 Å². The molecule has 3 atom stereocenters. The van der Waals surface area contributed by atoms with Crippen molar-refractivity contribution in [3.8, 4) is 6.07 Å². The third kappa shape index (κ3) is 2.81. The SMILES string of the molecule is CNC(C)(C#N)CN1CCCC2CCCCC21. The van der Waals surface area contributed by atoms with Crippen molar-refractivity contribution in [1.29, 1.82) is 5.26 Å². The van der Waals surface area contributed by atoms with Crippen LogP contribution in [0.15, 0.2) is 0 Å². The second-order valence-corrected chi connectivity index (χ2v) is 5.92. The molecule has 2 aliphatic rings. The largest absolute Gasteiger partial charge is 0.302 e. The lowest BCUT2D eigenvalue weighted by molar-refractivity contribution is 0.0477. The third-order valence-corrected chi connectivity index (χ3v) is 4.68. The van der Waals surface area contributed by atoms with Gasteiger partial charge in [-0.25, -0.2) is 0 Å². The van der Waals surface area contributed by atoms with Gasteiger partial charge in [0.1, 0.15) is 5.54 Å². The Morgan fingerprint density at radius 1 is 1.29 bits per heavy atom. The molecule has 0 spiro atoms. The van der Waals surface area contributed by atoms with Crippen LogP contribution in [0.25, 0.3) is 0 Å². The molecule has 1 aliphatic carbocycles. The van der Waals surface area contributed by atoms with E-state index < -0.39 is 0 Å². The molecule has 1 N–H and O–H groups in total. The molecular formula is C14H25N3. The predicted octanol–water partition coefficient (Wildman–Crippen LogP) is 2.14. The number of likely N-dealkylation sites (tertiary alicyclic amines) is 1. The van der Waals surface area contributed by atoms with Gasteiger partial charge in [-0.15, -0.1) is 0 Å². The average Bonchev–Trinajstić information content (AvgIpc) is 2.39. The Balaban J connectivity index is 2.02. The molecule has 1 aliphatic heterocycles. The van der Waals surface area contributed by atoms with Crippen LogP contribution in [-0.4, -0.2) is 36.6 Å². The molecule has 2 fully saturated rings. The Morgan fingerprint density at radius 3 is 2.71 bits per heavy atom. The number of likely N-dealkylation sites (N-methyl/N-ethyl adjacent to an activating group) is 1. The minimum atomic E-state index is -0.390. The Bertz CT molecular complexity index is 294. The Morgan fingerprint density at radius 2 is 2.00 bits per heavy atom. The molecule has 0 radical (unpaired) electrons. The molecule has 3 heteroatoms. The predicted molar refractivity (Wildman–Crippen MR) is 69.6 cm³/mol. The van der Waals surface area contributed by atoms with Crippen molar-refractivity contribution >= 4 is 0 Å². The summed E-state index contributed by atoms with van der Waals surface area (Å²) >= 11 is 0. The van der Waals surface area contributed by atoms with E-state index in [4.69, 9.17) is 0 Å². The van der Waals surface area contributed by atoms with E-state index >= 15 is 0 Å². The highest BCUT2D eigenvalue weighted by atomic mass is 15.2. The summed E-state index contributed by atoms with van der Waals surface area (Å²) in [5, 5.41) is 12.4. The lowest BCUT2D eigenvalue weighted by Crippen LogP contribution is -2.55. The second-order valence-electron chi connectivity index (χ2n) is 5.92. The minimum Gasteiger partial charge on any atom is -0.302 e. The number of hydrogen-bond donors (Lipinski definition) is 1. The Kier molecular flexibility index (Phi) is 4.06. The fraction of sp³-hybridized carbons (Fsp3) is 0.929. The maximum atomic E-state index is 9.27. The van der Waals surface area contributed by atoms with Crippen LogP contribution in [0.3, 0.4) is 0 Å². The first kappa shape index (κ1) is 12.9. The van der Waals surface area contributed by atoms with Crippen LogP contribution in [0, 0.1) is 17.2 Å². The number of fused-ring (bicyclic) bond motifs is 1. The zero-order valence-corrected chi connectivity index (χ0v) is 11.2. The smallest absolute Gasteiger partial charge is 0.116 e. The van der Waals surface area contributed by atoms with Gasteiger partial charge >= 0.3 is 0 Å². The maximum Gasteiger partial charge on any atom is 0.116 e. The fourth-order valence-electron chi connectivity index (χ4n) is 3.50. The van der Waals surface area contributed by atoms with E-state index in [9.17, 15) is 5.26 Å². The van der Waals surface area contributed by atoms with Crippen molar-refractivity contribution in [2.24, 2.45) is 5.92 Å². The Labute approximate surface area is 105 Å². The highest BCUT2D eigenvalue weighted by Gasteiger charge is 2.36. The normalized spacial score (nSPS) is 33.5. The molecule has 3 unspecified atom stereocenters. The molecule has 0 bridgehead atoms. The van der Waals surface area contributed by atoms with Crippen molar-refractivity contribution in [3.05, 3.63) is 0 Å². The van der Waals surface area contributed by atoms with Crippen LogP contribution >= 0.6 is 0 Å². The van der Waals surface area contributed by atoms with Crippen LogP contribution in [0.2, 0.25) is 0 Å². The second kappa shape index (κ2) is 5.37. The van der Waals surface area contributed by atoms with Crippen molar-refractivity contribution < 1.29 is 0 Å². The summed E-state index contributed by atoms with van der Waals surface area (Å²) < 4.78 is 0. The van der Waals surface area contributed by atoms with Gasteiger partial charge in [0.2, 0.25) is 0 Å². The number of rotatable bonds is 3. The number of piperidine rings is 1. The molecular weight excluding hydrogens is 210 g/mol. The summed E-state index contributed by atoms with van der Waals surface area (Å²) in [7, 11) is 1.89. The van der Waals surface area contributed by atoms with E-state index in [-0.39, 0.29) is 5.54 Å². The van der Waals surface area contributed by atoms with E-state index in [2.05, 4.69) is 16.3 Å². The van der Waals surface area contributed by atoms with Gasteiger partial charge in [-0.2, -0.15) is 5.26 Å². The summed E-state index contributed by atoms with van der Waals surface area (Å²) in [6, 6.07) is 3.17. The molecule has 0 aromatic carbocycles. The van der Waals surface area contributed by atoms with Crippen LogP contribution in [-0.2, 0) is 0 Å². The molecule has 1 saturated carbocycles. The lowest BCUT2D eigenvalue weighted by Gasteiger charge is -2.46. The van der Waals surface area contributed by atoms with Gasteiger partial charge in [0.05, 0.1) is 6.07 Å². The summed E-state index contributed by atoms with van der Waals surface area (Å²) in [6.45, 7) is 4.07. The lowest BCUT2D eigenvalue weighted by atomic mass is 9.78. The van der Waals surface area contributed by atoms with Crippen LogP contribution in [0.1, 0.15) is 45.4 Å². The van der Waals surface area contributed by atoms with E-state index in [0.29, 0.717) is 0 Å². The number of hydrogen-bond acceptors (Lipinski definition) is 3. The zero-order chi connectivity index (χ0) is 12.3. The molecule has 1 heterocycles. The van der Waals surface area contributed by atoms with E-state index in [1.807, 2.05) is 14.0 Å². The number of nitrogens with zero attached hydrogens (tertiary/aromatic N) is 2. The topological polar surface area (TPSA) is 39.1 Å². The standard InChI is InChI=1S/C14H25N3/c1-14(10-15,16-2)11-17-9-5-7-12-6-3-4-8-13(12)17/h12-13,16H,3-9,11H2,1-2H3. The fourth-order valence-corrected chi connectivity index (χ4v) is 3.50. The van der Waals surface area contributed by atoms with Gasteiger partial charge in [-0.3, -0.25) is 4.90 Å². The maximum absolute atomic E-state index is 9.27. The first-order valence-corrected chi connectivity index (χ1v) is 7.03. The van der Waals surface area contributed by atoms with Crippen molar-refractivity contribution in [3.63, 3.8) is 0 Å². The van der Waals surface area contributed by atoms with Crippen molar-refractivity contribution in [2.75, 3.05) is 20.1 Å². The molecule has 0 aromatic heterocycles. The van der Waals surface area contributed by atoms with Gasteiger partial charge in [0.15, 0.2) is 0 Å². The number of nitriles is 1. The van der Waals surface area contributed by atoms with Gasteiger partial charge in [0.25, 0.3) is 0 Å². The van der Waals surface area contributed by atoms with Crippen molar-refractivity contribution in [2.45, 2.75) is 57.0 Å².